The Bertz CT molecular complexity index is 894. The van der Waals surface area contributed by atoms with Crippen molar-refractivity contribution in [2.75, 3.05) is 0 Å². The third-order valence-electron chi connectivity index (χ3n) is 8.32. The average Bonchev–Trinajstić information content (AvgIpc) is 3.15. The first-order valence-electron chi connectivity index (χ1n) is 12.1. The van der Waals surface area contributed by atoms with Crippen LogP contribution in [0.3, 0.4) is 0 Å². The number of benzene rings is 1. The third kappa shape index (κ3) is 3.47. The molecule has 0 heterocycles. The first kappa shape index (κ1) is 21.4. The normalized spacial score (nSPS) is 34.9. The van der Waals surface area contributed by atoms with E-state index in [0.29, 0.717) is 17.8 Å². The van der Waals surface area contributed by atoms with Gasteiger partial charge in [-0.3, -0.25) is 0 Å². The summed E-state index contributed by atoms with van der Waals surface area (Å²) in [6.45, 7) is 16.2. The van der Waals surface area contributed by atoms with Crippen molar-refractivity contribution in [2.45, 2.75) is 78.1 Å². The van der Waals surface area contributed by atoms with Crippen LogP contribution in [0, 0.1) is 23.2 Å². The standard InChI is InChI=1S/C30H40/c1-7-29(6)20-30(19-24(29)18-22(4)13-10-12-21(2)3)26-16-9-8-15-25(26)28-23(5)14-11-17-27(28)30/h7-9,11,14-18,21,23-24,28H,1,10,12-13,19-20H2,2-6H3/b22-18+. The lowest BCUT2D eigenvalue weighted by Gasteiger charge is -2.33. The van der Waals surface area contributed by atoms with Crippen LogP contribution >= 0.6 is 0 Å². The number of fused-ring (bicyclic) bond motifs is 5. The molecule has 5 unspecified atom stereocenters. The van der Waals surface area contributed by atoms with Gasteiger partial charge in [0.15, 0.2) is 0 Å². The minimum atomic E-state index is 0.145. The van der Waals surface area contributed by atoms with Crippen LogP contribution in [0.4, 0.5) is 0 Å². The SMILES string of the molecule is C=CC1(C)CC2(CC1/C=C(\C)CCCC(C)C)C1=CC=CC(C)C1c1ccccc12. The summed E-state index contributed by atoms with van der Waals surface area (Å²) in [4.78, 5) is 0. The highest BCUT2D eigenvalue weighted by molar-refractivity contribution is 5.59. The first-order valence-corrected chi connectivity index (χ1v) is 12.1. The molecule has 1 spiro atoms. The Labute approximate surface area is 184 Å². The van der Waals surface area contributed by atoms with E-state index in [-0.39, 0.29) is 10.8 Å². The third-order valence-corrected chi connectivity index (χ3v) is 8.32. The summed E-state index contributed by atoms with van der Waals surface area (Å²) in [6.07, 6.45) is 18.3. The predicted molar refractivity (Wildman–Crippen MR) is 131 cm³/mol. The highest BCUT2D eigenvalue weighted by Gasteiger charge is 2.58. The highest BCUT2D eigenvalue weighted by atomic mass is 14.6. The molecule has 4 rings (SSSR count). The lowest BCUT2D eigenvalue weighted by atomic mass is 9.70. The molecule has 0 radical (unpaired) electrons. The quantitative estimate of drug-likeness (QED) is 0.420. The van der Waals surface area contributed by atoms with Gasteiger partial charge in [-0.1, -0.05) is 99.9 Å². The average molecular weight is 401 g/mol. The van der Waals surface area contributed by atoms with E-state index in [1.165, 1.54) is 32.1 Å². The molecular formula is C30H40. The van der Waals surface area contributed by atoms with E-state index < -0.39 is 0 Å². The maximum absolute atomic E-state index is 4.32. The van der Waals surface area contributed by atoms with Crippen LogP contribution in [-0.4, -0.2) is 0 Å². The van der Waals surface area contributed by atoms with Crippen LogP contribution in [0.5, 0.6) is 0 Å². The summed E-state index contributed by atoms with van der Waals surface area (Å²) in [6, 6.07) is 9.30. The van der Waals surface area contributed by atoms with Gasteiger partial charge in [0.05, 0.1) is 0 Å². The van der Waals surface area contributed by atoms with Gasteiger partial charge in [-0.25, -0.2) is 0 Å². The van der Waals surface area contributed by atoms with Gasteiger partial charge < -0.3 is 0 Å². The van der Waals surface area contributed by atoms with Crippen LogP contribution in [-0.2, 0) is 5.41 Å². The maximum atomic E-state index is 4.32. The largest absolute Gasteiger partial charge is 0.103 e. The summed E-state index contributed by atoms with van der Waals surface area (Å²) in [7, 11) is 0. The summed E-state index contributed by atoms with van der Waals surface area (Å²) in [5.74, 6) is 2.48. The molecule has 0 aliphatic heterocycles. The zero-order chi connectivity index (χ0) is 21.5. The first-order chi connectivity index (χ1) is 14.3. The van der Waals surface area contributed by atoms with Crippen LogP contribution in [0.1, 0.15) is 83.8 Å². The zero-order valence-electron chi connectivity index (χ0n) is 19.7. The molecule has 30 heavy (non-hydrogen) atoms. The molecule has 5 atom stereocenters. The lowest BCUT2D eigenvalue weighted by molar-refractivity contribution is 0.355. The van der Waals surface area contributed by atoms with E-state index in [2.05, 4.69) is 95.8 Å². The van der Waals surface area contributed by atoms with Crippen molar-refractivity contribution < 1.29 is 0 Å². The van der Waals surface area contributed by atoms with E-state index in [9.17, 15) is 0 Å². The smallest absolute Gasteiger partial charge is 0.0188 e. The Morgan fingerprint density at radius 3 is 2.77 bits per heavy atom. The molecule has 3 aliphatic carbocycles. The minimum absolute atomic E-state index is 0.145. The molecule has 0 heteroatoms. The monoisotopic (exact) mass is 400 g/mol. The summed E-state index contributed by atoms with van der Waals surface area (Å²) < 4.78 is 0. The number of hydrogen-bond acceptors (Lipinski definition) is 0. The van der Waals surface area contributed by atoms with Crippen LogP contribution in [0.2, 0.25) is 0 Å². The second kappa shape index (κ2) is 8.03. The highest BCUT2D eigenvalue weighted by Crippen LogP contribution is 2.66. The van der Waals surface area contributed by atoms with Gasteiger partial charge in [0.25, 0.3) is 0 Å². The van der Waals surface area contributed by atoms with Crippen LogP contribution in [0.15, 0.2) is 72.4 Å². The molecule has 0 bridgehead atoms. The zero-order valence-corrected chi connectivity index (χ0v) is 19.7. The minimum Gasteiger partial charge on any atom is -0.103 e. The fourth-order valence-electron chi connectivity index (χ4n) is 6.68. The fraction of sp³-hybridized carbons (Fsp3) is 0.533. The second-order valence-corrected chi connectivity index (χ2v) is 11.0. The Balaban J connectivity index is 1.71. The predicted octanol–water partition coefficient (Wildman–Crippen LogP) is 8.53. The molecule has 0 nitrogen and oxygen atoms in total. The van der Waals surface area contributed by atoms with Gasteiger partial charge in [-0.2, -0.15) is 0 Å². The summed E-state index contributed by atoms with van der Waals surface area (Å²) in [5, 5.41) is 0. The van der Waals surface area contributed by atoms with Crippen molar-refractivity contribution in [3.8, 4) is 0 Å². The van der Waals surface area contributed by atoms with E-state index >= 15 is 0 Å². The number of rotatable bonds is 6. The van der Waals surface area contributed by atoms with E-state index in [4.69, 9.17) is 0 Å². The second-order valence-electron chi connectivity index (χ2n) is 11.0. The fourth-order valence-corrected chi connectivity index (χ4v) is 6.68. The van der Waals surface area contributed by atoms with Crippen molar-refractivity contribution in [3.63, 3.8) is 0 Å². The number of hydrogen-bond donors (Lipinski definition) is 0. The van der Waals surface area contributed by atoms with Gasteiger partial charge >= 0.3 is 0 Å². The molecule has 1 aromatic rings. The molecule has 3 aliphatic rings. The van der Waals surface area contributed by atoms with Crippen LogP contribution < -0.4 is 0 Å². The Hall–Kier alpha value is -1.82. The molecular weight excluding hydrogens is 360 g/mol. The molecule has 0 N–H and O–H groups in total. The van der Waals surface area contributed by atoms with Gasteiger partial charge in [-0.15, -0.1) is 6.58 Å². The van der Waals surface area contributed by atoms with Gasteiger partial charge in [0, 0.05) is 11.3 Å². The Morgan fingerprint density at radius 2 is 2.03 bits per heavy atom. The molecule has 160 valence electrons. The Kier molecular flexibility index (Phi) is 5.73. The summed E-state index contributed by atoms with van der Waals surface area (Å²) in [5.41, 5.74) is 6.72. The molecule has 0 amide bonds. The topological polar surface area (TPSA) is 0 Å². The van der Waals surface area contributed by atoms with Crippen molar-refractivity contribution in [1.29, 1.82) is 0 Å². The molecule has 1 aromatic carbocycles. The Morgan fingerprint density at radius 1 is 1.27 bits per heavy atom. The van der Waals surface area contributed by atoms with Gasteiger partial charge in [-0.05, 0) is 66.9 Å². The van der Waals surface area contributed by atoms with Crippen molar-refractivity contribution in [2.24, 2.45) is 23.2 Å². The van der Waals surface area contributed by atoms with Crippen molar-refractivity contribution in [1.82, 2.24) is 0 Å². The van der Waals surface area contributed by atoms with Gasteiger partial charge in [0.1, 0.15) is 0 Å². The van der Waals surface area contributed by atoms with Crippen molar-refractivity contribution >= 4 is 0 Å². The van der Waals surface area contributed by atoms with Crippen LogP contribution in [0.25, 0.3) is 0 Å². The molecule has 0 saturated heterocycles. The molecule has 0 aromatic heterocycles. The molecule has 1 fully saturated rings. The molecule has 1 saturated carbocycles. The maximum Gasteiger partial charge on any atom is 0.0188 e. The van der Waals surface area contributed by atoms with Gasteiger partial charge in [0.2, 0.25) is 0 Å². The van der Waals surface area contributed by atoms with E-state index in [1.807, 2.05) is 0 Å². The summed E-state index contributed by atoms with van der Waals surface area (Å²) >= 11 is 0. The lowest BCUT2D eigenvalue weighted by Crippen LogP contribution is -2.25. The van der Waals surface area contributed by atoms with E-state index in [1.54, 1.807) is 22.3 Å². The van der Waals surface area contributed by atoms with Crippen molar-refractivity contribution in [3.05, 3.63) is 83.5 Å². The number of allylic oxidation sites excluding steroid dienone is 7. The van der Waals surface area contributed by atoms with E-state index in [0.717, 1.165) is 5.92 Å².